The standard InChI is InChI=1S/C8H17F2NO/c9-8(10)7-11-5-3-1-2-4-6-12/h8,11-12H,1-7H2. The molecule has 4 heteroatoms. The summed E-state index contributed by atoms with van der Waals surface area (Å²) in [7, 11) is 0. The average molecular weight is 181 g/mol. The molecule has 0 aliphatic heterocycles. The van der Waals surface area contributed by atoms with E-state index in [1.807, 2.05) is 0 Å². The Bertz CT molecular complexity index is 91.1. The first-order valence-corrected chi connectivity index (χ1v) is 4.37. The van der Waals surface area contributed by atoms with Crippen molar-refractivity contribution in [2.24, 2.45) is 0 Å². The fraction of sp³-hybridized carbons (Fsp3) is 1.00. The Morgan fingerprint density at radius 2 is 1.75 bits per heavy atom. The van der Waals surface area contributed by atoms with Gasteiger partial charge >= 0.3 is 0 Å². The smallest absolute Gasteiger partial charge is 0.250 e. The first kappa shape index (κ1) is 11.8. The molecule has 74 valence electrons. The highest BCUT2D eigenvalue weighted by Gasteiger charge is 1.99. The van der Waals surface area contributed by atoms with Gasteiger partial charge in [-0.15, -0.1) is 0 Å². The minimum Gasteiger partial charge on any atom is -0.396 e. The molecule has 12 heavy (non-hydrogen) atoms. The van der Waals surface area contributed by atoms with Crippen LogP contribution < -0.4 is 5.32 Å². The Kier molecular flexibility index (Phi) is 8.71. The molecule has 0 atom stereocenters. The van der Waals surface area contributed by atoms with E-state index in [1.165, 1.54) is 0 Å². The Morgan fingerprint density at radius 1 is 1.08 bits per heavy atom. The van der Waals surface area contributed by atoms with E-state index in [9.17, 15) is 8.78 Å². The number of nitrogens with one attached hydrogen (secondary N) is 1. The van der Waals surface area contributed by atoms with Gasteiger partial charge in [0.25, 0.3) is 6.43 Å². The molecule has 0 heterocycles. The maximum absolute atomic E-state index is 11.6. The van der Waals surface area contributed by atoms with Crippen LogP contribution in [-0.2, 0) is 0 Å². The summed E-state index contributed by atoms with van der Waals surface area (Å²) in [6.07, 6.45) is 1.45. The Labute approximate surface area is 72.0 Å². The van der Waals surface area contributed by atoms with Crippen LogP contribution >= 0.6 is 0 Å². The lowest BCUT2D eigenvalue weighted by atomic mass is 10.2. The summed E-state index contributed by atoms with van der Waals surface area (Å²) < 4.78 is 23.1. The van der Waals surface area contributed by atoms with Crippen molar-refractivity contribution in [3.8, 4) is 0 Å². The van der Waals surface area contributed by atoms with Gasteiger partial charge in [0.1, 0.15) is 0 Å². The molecule has 0 aliphatic rings. The van der Waals surface area contributed by atoms with Crippen LogP contribution in [-0.4, -0.2) is 31.2 Å². The zero-order valence-corrected chi connectivity index (χ0v) is 7.23. The number of hydrogen-bond acceptors (Lipinski definition) is 2. The van der Waals surface area contributed by atoms with Gasteiger partial charge in [-0.25, -0.2) is 8.78 Å². The van der Waals surface area contributed by atoms with Gasteiger partial charge in [0, 0.05) is 6.61 Å². The van der Waals surface area contributed by atoms with Crippen molar-refractivity contribution in [1.82, 2.24) is 5.32 Å². The molecule has 0 bridgehead atoms. The third kappa shape index (κ3) is 9.78. The Morgan fingerprint density at radius 3 is 2.33 bits per heavy atom. The number of hydrogen-bond donors (Lipinski definition) is 2. The summed E-state index contributed by atoms with van der Waals surface area (Å²) in [5.41, 5.74) is 0. The van der Waals surface area contributed by atoms with Crippen LogP contribution in [0, 0.1) is 0 Å². The van der Waals surface area contributed by atoms with Crippen molar-refractivity contribution < 1.29 is 13.9 Å². The van der Waals surface area contributed by atoms with Gasteiger partial charge in [-0.3, -0.25) is 0 Å². The first-order chi connectivity index (χ1) is 5.77. The monoisotopic (exact) mass is 181 g/mol. The molecule has 2 N–H and O–H groups in total. The lowest BCUT2D eigenvalue weighted by Gasteiger charge is -2.02. The SMILES string of the molecule is OCCCCCCNCC(F)F. The molecular weight excluding hydrogens is 164 g/mol. The minimum absolute atomic E-state index is 0.208. The van der Waals surface area contributed by atoms with Gasteiger partial charge in [0.05, 0.1) is 6.54 Å². The highest BCUT2D eigenvalue weighted by atomic mass is 19.3. The summed E-state index contributed by atoms with van der Waals surface area (Å²) in [5.74, 6) is 0. The van der Waals surface area contributed by atoms with Crippen LogP contribution in [0.2, 0.25) is 0 Å². The molecule has 0 rings (SSSR count). The molecule has 0 spiro atoms. The Hall–Kier alpha value is -0.220. The topological polar surface area (TPSA) is 32.3 Å². The normalized spacial score (nSPS) is 11.0. The van der Waals surface area contributed by atoms with Gasteiger partial charge in [0.2, 0.25) is 0 Å². The van der Waals surface area contributed by atoms with Gasteiger partial charge in [-0.05, 0) is 19.4 Å². The molecule has 0 unspecified atom stereocenters. The van der Waals surface area contributed by atoms with Crippen LogP contribution in [0.15, 0.2) is 0 Å². The molecular formula is C8H17F2NO. The summed E-state index contributed by atoms with van der Waals surface area (Å²) in [6, 6.07) is 0. The van der Waals surface area contributed by atoms with Crippen LogP contribution in [0.25, 0.3) is 0 Å². The predicted molar refractivity (Wildman–Crippen MR) is 44.4 cm³/mol. The molecule has 0 saturated heterocycles. The molecule has 2 nitrogen and oxygen atoms in total. The molecule has 0 amide bonds. The van der Waals surface area contributed by atoms with Crippen molar-refractivity contribution in [2.45, 2.75) is 32.1 Å². The zero-order valence-electron chi connectivity index (χ0n) is 7.23. The van der Waals surface area contributed by atoms with Crippen LogP contribution in [0.4, 0.5) is 8.78 Å². The van der Waals surface area contributed by atoms with E-state index >= 15 is 0 Å². The highest BCUT2D eigenvalue weighted by molar-refractivity contribution is 4.50. The van der Waals surface area contributed by atoms with Gasteiger partial charge in [-0.2, -0.15) is 0 Å². The number of unbranched alkanes of at least 4 members (excludes halogenated alkanes) is 3. The van der Waals surface area contributed by atoms with E-state index in [1.54, 1.807) is 0 Å². The summed E-state index contributed by atoms with van der Waals surface area (Å²) >= 11 is 0. The highest BCUT2D eigenvalue weighted by Crippen LogP contribution is 1.97. The van der Waals surface area contributed by atoms with Gasteiger partial charge in [-0.1, -0.05) is 12.8 Å². The summed E-state index contributed by atoms with van der Waals surface area (Å²) in [5, 5.41) is 11.1. The predicted octanol–water partition coefficient (Wildman–Crippen LogP) is 1.39. The maximum Gasteiger partial charge on any atom is 0.250 e. The molecule has 0 aromatic rings. The van der Waals surface area contributed by atoms with Crippen molar-refractivity contribution in [3.05, 3.63) is 0 Å². The quantitative estimate of drug-likeness (QED) is 0.555. The van der Waals surface area contributed by atoms with E-state index in [0.29, 0.717) is 6.54 Å². The summed E-state index contributed by atoms with van der Waals surface area (Å²) in [6.45, 7) is 0.667. The number of alkyl halides is 2. The van der Waals surface area contributed by atoms with Crippen molar-refractivity contribution in [2.75, 3.05) is 19.7 Å². The largest absolute Gasteiger partial charge is 0.396 e. The van der Waals surface area contributed by atoms with Crippen LogP contribution in [0.3, 0.4) is 0 Å². The van der Waals surface area contributed by atoms with Crippen molar-refractivity contribution in [1.29, 1.82) is 0 Å². The van der Waals surface area contributed by atoms with Crippen molar-refractivity contribution >= 4 is 0 Å². The second-order valence-electron chi connectivity index (χ2n) is 2.73. The minimum atomic E-state index is -2.25. The molecule has 0 saturated carbocycles. The number of aliphatic hydroxyl groups is 1. The van der Waals surface area contributed by atoms with Crippen molar-refractivity contribution in [3.63, 3.8) is 0 Å². The zero-order chi connectivity index (χ0) is 9.23. The second kappa shape index (κ2) is 8.87. The third-order valence-electron chi connectivity index (χ3n) is 1.56. The Balaban J connectivity index is 2.82. The fourth-order valence-electron chi connectivity index (χ4n) is 0.927. The van der Waals surface area contributed by atoms with E-state index < -0.39 is 6.43 Å². The molecule has 0 aromatic carbocycles. The van der Waals surface area contributed by atoms with Crippen LogP contribution in [0.1, 0.15) is 25.7 Å². The van der Waals surface area contributed by atoms with E-state index in [4.69, 9.17) is 5.11 Å². The molecule has 0 aromatic heterocycles. The van der Waals surface area contributed by atoms with Gasteiger partial charge < -0.3 is 10.4 Å². The van der Waals surface area contributed by atoms with E-state index in [-0.39, 0.29) is 13.2 Å². The number of rotatable bonds is 8. The first-order valence-electron chi connectivity index (χ1n) is 4.37. The molecule has 0 radical (unpaired) electrons. The lowest BCUT2D eigenvalue weighted by molar-refractivity contribution is 0.146. The van der Waals surface area contributed by atoms with Crippen LogP contribution in [0.5, 0.6) is 0 Å². The number of halogens is 2. The lowest BCUT2D eigenvalue weighted by Crippen LogP contribution is -2.22. The van der Waals surface area contributed by atoms with E-state index in [2.05, 4.69) is 5.32 Å². The average Bonchev–Trinajstić information content (AvgIpc) is 2.02. The van der Waals surface area contributed by atoms with E-state index in [0.717, 1.165) is 25.7 Å². The van der Waals surface area contributed by atoms with Gasteiger partial charge in [0.15, 0.2) is 0 Å². The molecule has 0 aliphatic carbocycles. The number of aliphatic hydroxyl groups excluding tert-OH is 1. The fourth-order valence-corrected chi connectivity index (χ4v) is 0.927. The maximum atomic E-state index is 11.6. The molecule has 0 fully saturated rings. The second-order valence-corrected chi connectivity index (χ2v) is 2.73. The summed E-state index contributed by atoms with van der Waals surface area (Å²) in [4.78, 5) is 0. The third-order valence-corrected chi connectivity index (χ3v) is 1.56.